The molecule has 4 rings (SSSR count). The lowest BCUT2D eigenvalue weighted by atomic mass is 9.75. The fraction of sp³-hybridized carbons (Fsp3) is 0.538. The number of pyridine rings is 1. The first-order valence-corrected chi connectivity index (χ1v) is 12.4. The van der Waals surface area contributed by atoms with E-state index in [4.69, 9.17) is 21.1 Å². The first-order chi connectivity index (χ1) is 16.9. The van der Waals surface area contributed by atoms with Crippen molar-refractivity contribution in [2.75, 3.05) is 33.9 Å². The maximum Gasteiger partial charge on any atom is 0.230 e. The van der Waals surface area contributed by atoms with Gasteiger partial charge in [0.2, 0.25) is 5.91 Å². The van der Waals surface area contributed by atoms with Gasteiger partial charge in [0.05, 0.1) is 10.9 Å². The zero-order valence-corrected chi connectivity index (χ0v) is 20.9. The molecule has 1 amide bonds. The number of rotatable bonds is 10. The molecule has 0 bridgehead atoms. The molecule has 1 saturated heterocycles. The molecule has 1 saturated carbocycles. The first kappa shape index (κ1) is 25.9. The number of nitrogens with one attached hydrogen (secondary N) is 1. The van der Waals surface area contributed by atoms with Crippen LogP contribution in [0.5, 0.6) is 0 Å². The zero-order valence-electron chi connectivity index (χ0n) is 20.2. The second-order valence-electron chi connectivity index (χ2n) is 9.29. The normalized spacial score (nSPS) is 22.3. The molecule has 2 heterocycles. The predicted molar refractivity (Wildman–Crippen MR) is 129 cm³/mol. The molecule has 2 atom stereocenters. The van der Waals surface area contributed by atoms with E-state index in [0.29, 0.717) is 43.2 Å². The standard InChI is InChI=1S/C26H32ClF2N3O3/c1-34-11-3-4-19-12-17(22(27)15-31-19)16-32(20-6-7-20)25(33)21-14-30-10-9-26(21,35-2)18-5-8-23(28)24(29)13-18/h5,8,12-13,15,20-21,30H,3-4,6-7,9-11,14,16H2,1-2H3. The Morgan fingerprint density at radius 1 is 1.26 bits per heavy atom. The third-order valence-electron chi connectivity index (χ3n) is 7.04. The molecule has 2 unspecified atom stereocenters. The molecule has 2 aromatic rings. The molecule has 190 valence electrons. The van der Waals surface area contributed by atoms with Gasteiger partial charge >= 0.3 is 0 Å². The van der Waals surface area contributed by atoms with Crippen LogP contribution in [-0.4, -0.2) is 55.7 Å². The van der Waals surface area contributed by atoms with Crippen molar-refractivity contribution in [3.63, 3.8) is 0 Å². The van der Waals surface area contributed by atoms with E-state index in [1.54, 1.807) is 13.3 Å². The molecule has 6 nitrogen and oxygen atoms in total. The molecule has 0 spiro atoms. The van der Waals surface area contributed by atoms with E-state index >= 15 is 0 Å². The summed E-state index contributed by atoms with van der Waals surface area (Å²) in [4.78, 5) is 20.3. The number of halogens is 3. The lowest BCUT2D eigenvalue weighted by Gasteiger charge is -2.44. The number of methoxy groups -OCH3 is 2. The average molecular weight is 508 g/mol. The van der Waals surface area contributed by atoms with Gasteiger partial charge in [0.15, 0.2) is 11.6 Å². The summed E-state index contributed by atoms with van der Waals surface area (Å²) >= 11 is 6.49. The fourth-order valence-corrected chi connectivity index (χ4v) is 5.12. The van der Waals surface area contributed by atoms with Crippen LogP contribution in [0.2, 0.25) is 5.02 Å². The summed E-state index contributed by atoms with van der Waals surface area (Å²) < 4.78 is 39.0. The van der Waals surface area contributed by atoms with E-state index in [0.717, 1.165) is 49.1 Å². The molecular formula is C26H32ClF2N3O3. The van der Waals surface area contributed by atoms with Crippen LogP contribution in [0.1, 0.15) is 42.5 Å². The Hall–Kier alpha value is -2.13. The quantitative estimate of drug-likeness (QED) is 0.487. The minimum absolute atomic E-state index is 0.0832. The van der Waals surface area contributed by atoms with Gasteiger partial charge in [-0.25, -0.2) is 8.78 Å². The Labute approximate surface area is 210 Å². The number of benzene rings is 1. The summed E-state index contributed by atoms with van der Waals surface area (Å²) in [6.45, 7) is 1.97. The van der Waals surface area contributed by atoms with Crippen LogP contribution in [0.25, 0.3) is 0 Å². The van der Waals surface area contributed by atoms with Gasteiger partial charge in [0.25, 0.3) is 0 Å². The van der Waals surface area contributed by atoms with Gasteiger partial charge in [-0.15, -0.1) is 0 Å². The molecule has 2 fully saturated rings. The minimum atomic E-state index is -1.06. The highest BCUT2D eigenvalue weighted by Crippen LogP contribution is 2.42. The topological polar surface area (TPSA) is 63.7 Å². The molecule has 1 aliphatic heterocycles. The Morgan fingerprint density at radius 3 is 2.74 bits per heavy atom. The summed E-state index contributed by atoms with van der Waals surface area (Å²) in [7, 11) is 3.20. The van der Waals surface area contributed by atoms with Crippen molar-refractivity contribution >= 4 is 17.5 Å². The largest absolute Gasteiger partial charge is 0.385 e. The molecule has 9 heteroatoms. The van der Waals surface area contributed by atoms with E-state index in [-0.39, 0.29) is 11.9 Å². The number of hydrogen-bond donors (Lipinski definition) is 1. The summed E-state index contributed by atoms with van der Waals surface area (Å²) in [6.07, 6.45) is 5.53. The van der Waals surface area contributed by atoms with Gasteiger partial charge in [0, 0.05) is 51.8 Å². The molecule has 1 N–H and O–H groups in total. The van der Waals surface area contributed by atoms with Crippen LogP contribution in [0.3, 0.4) is 0 Å². The maximum atomic E-state index is 14.2. The molecule has 1 aromatic heterocycles. The number of carbonyl (C=O) groups is 1. The van der Waals surface area contributed by atoms with Crippen molar-refractivity contribution in [2.45, 2.75) is 50.3 Å². The lowest BCUT2D eigenvalue weighted by Crippen LogP contribution is -2.56. The van der Waals surface area contributed by atoms with Crippen molar-refractivity contribution in [3.8, 4) is 0 Å². The molecular weight excluding hydrogens is 476 g/mol. The second kappa shape index (κ2) is 11.3. The highest BCUT2D eigenvalue weighted by Gasteiger charge is 2.50. The number of aryl methyl sites for hydroxylation is 1. The Balaban J connectivity index is 1.62. The Bertz CT molecular complexity index is 1050. The van der Waals surface area contributed by atoms with E-state index in [9.17, 15) is 13.6 Å². The van der Waals surface area contributed by atoms with Crippen molar-refractivity contribution < 1.29 is 23.0 Å². The van der Waals surface area contributed by atoms with E-state index in [2.05, 4.69) is 10.3 Å². The summed E-state index contributed by atoms with van der Waals surface area (Å²) in [5.41, 5.74) is 1.15. The molecule has 2 aliphatic rings. The zero-order chi connectivity index (χ0) is 25.0. The van der Waals surface area contributed by atoms with Gasteiger partial charge in [-0.2, -0.15) is 0 Å². The monoisotopic (exact) mass is 507 g/mol. The van der Waals surface area contributed by atoms with Crippen LogP contribution in [0.15, 0.2) is 30.5 Å². The van der Waals surface area contributed by atoms with Gasteiger partial charge in [-0.1, -0.05) is 17.7 Å². The highest BCUT2D eigenvalue weighted by atomic mass is 35.5. The average Bonchev–Trinajstić information content (AvgIpc) is 3.71. The first-order valence-electron chi connectivity index (χ1n) is 12.0. The number of amides is 1. The Morgan fingerprint density at radius 2 is 2.06 bits per heavy atom. The van der Waals surface area contributed by atoms with Gasteiger partial charge in [-0.3, -0.25) is 9.78 Å². The van der Waals surface area contributed by atoms with E-state index in [1.807, 2.05) is 11.0 Å². The van der Waals surface area contributed by atoms with Crippen molar-refractivity contribution in [1.82, 2.24) is 15.2 Å². The highest BCUT2D eigenvalue weighted by molar-refractivity contribution is 6.31. The van der Waals surface area contributed by atoms with Crippen LogP contribution in [0.4, 0.5) is 8.78 Å². The molecule has 0 radical (unpaired) electrons. The fourth-order valence-electron chi connectivity index (χ4n) is 4.96. The molecule has 1 aromatic carbocycles. The van der Waals surface area contributed by atoms with Crippen LogP contribution in [0, 0.1) is 17.6 Å². The van der Waals surface area contributed by atoms with E-state index in [1.165, 1.54) is 13.2 Å². The van der Waals surface area contributed by atoms with Crippen LogP contribution in [-0.2, 0) is 32.8 Å². The number of ether oxygens (including phenoxy) is 2. The van der Waals surface area contributed by atoms with Gasteiger partial charge in [0.1, 0.15) is 5.60 Å². The maximum absolute atomic E-state index is 14.2. The molecule has 35 heavy (non-hydrogen) atoms. The van der Waals surface area contributed by atoms with Crippen molar-refractivity contribution in [2.24, 2.45) is 5.92 Å². The number of nitrogens with zero attached hydrogens (tertiary/aromatic N) is 2. The van der Waals surface area contributed by atoms with Gasteiger partial charge in [-0.05, 0) is 68.0 Å². The van der Waals surface area contributed by atoms with Crippen LogP contribution >= 0.6 is 11.6 Å². The Kier molecular flexibility index (Phi) is 8.37. The SMILES string of the molecule is COCCCc1cc(CN(C(=O)C2CNCCC2(OC)c2ccc(F)c(F)c2)C2CC2)c(Cl)cn1. The molecule has 1 aliphatic carbocycles. The van der Waals surface area contributed by atoms with Crippen molar-refractivity contribution in [1.29, 1.82) is 0 Å². The smallest absolute Gasteiger partial charge is 0.230 e. The summed E-state index contributed by atoms with van der Waals surface area (Å²) in [5, 5.41) is 3.80. The van der Waals surface area contributed by atoms with Gasteiger partial charge < -0.3 is 19.7 Å². The number of carbonyl (C=O) groups excluding carboxylic acids is 1. The van der Waals surface area contributed by atoms with Crippen LogP contribution < -0.4 is 5.32 Å². The number of hydrogen-bond acceptors (Lipinski definition) is 5. The minimum Gasteiger partial charge on any atom is -0.385 e. The number of piperidine rings is 1. The third kappa shape index (κ3) is 5.66. The van der Waals surface area contributed by atoms with Crippen molar-refractivity contribution in [3.05, 3.63) is 63.9 Å². The number of aromatic nitrogens is 1. The predicted octanol–water partition coefficient (Wildman–Crippen LogP) is 4.23. The summed E-state index contributed by atoms with van der Waals surface area (Å²) in [6, 6.07) is 5.83. The third-order valence-corrected chi connectivity index (χ3v) is 7.38. The second-order valence-corrected chi connectivity index (χ2v) is 9.70. The lowest BCUT2D eigenvalue weighted by molar-refractivity contribution is -0.155. The van der Waals surface area contributed by atoms with E-state index < -0.39 is 23.2 Å². The summed E-state index contributed by atoms with van der Waals surface area (Å²) in [5.74, 6) is -2.56.